The first-order chi connectivity index (χ1) is 12.7. The molecule has 0 saturated heterocycles. The highest BCUT2D eigenvalue weighted by atomic mass is 16.5. The van der Waals surface area contributed by atoms with Crippen LogP contribution in [-0.4, -0.2) is 28.0 Å². The number of carbonyl (C=O) groups excluding carboxylic acids is 2. The Balaban J connectivity index is 1.63. The molecule has 0 unspecified atom stereocenters. The molecule has 4 rings (SSSR count). The third-order valence-corrected chi connectivity index (χ3v) is 4.27. The topological polar surface area (TPSA) is 85.2 Å². The summed E-state index contributed by atoms with van der Waals surface area (Å²) in [6.07, 6.45) is 0.0657. The lowest BCUT2D eigenvalue weighted by Crippen LogP contribution is -2.35. The quantitative estimate of drug-likeness (QED) is 0.757. The van der Waals surface area contributed by atoms with Crippen LogP contribution in [0.4, 0.5) is 11.6 Å². The zero-order valence-electron chi connectivity index (χ0n) is 14.2. The molecule has 0 saturated carbocycles. The molecule has 132 valence electrons. The minimum atomic E-state index is -0.655. The molecule has 1 aromatic heterocycles. The molecule has 2 heterocycles. The maximum atomic E-state index is 12.9. The Morgan fingerprint density at radius 3 is 2.81 bits per heavy atom. The van der Waals surface area contributed by atoms with E-state index in [0.29, 0.717) is 18.2 Å². The highest BCUT2D eigenvalue weighted by Gasteiger charge is 2.32. The van der Waals surface area contributed by atoms with Gasteiger partial charge in [0.05, 0.1) is 24.1 Å². The fourth-order valence-corrected chi connectivity index (χ4v) is 3.13. The normalized spacial score (nSPS) is 16.0. The van der Waals surface area contributed by atoms with Gasteiger partial charge in [0.1, 0.15) is 11.8 Å². The van der Waals surface area contributed by atoms with E-state index in [1.54, 1.807) is 28.8 Å². The monoisotopic (exact) mass is 350 g/mol. The molecule has 1 aliphatic heterocycles. The van der Waals surface area contributed by atoms with Crippen LogP contribution >= 0.6 is 0 Å². The minimum Gasteiger partial charge on any atom is -0.494 e. The Kier molecular flexibility index (Phi) is 4.04. The number of rotatable bonds is 4. The predicted molar refractivity (Wildman–Crippen MR) is 98.3 cm³/mol. The van der Waals surface area contributed by atoms with Crippen LogP contribution < -0.4 is 15.4 Å². The number of benzene rings is 2. The summed E-state index contributed by atoms with van der Waals surface area (Å²) >= 11 is 0. The van der Waals surface area contributed by atoms with Crippen molar-refractivity contribution in [2.45, 2.75) is 19.4 Å². The van der Waals surface area contributed by atoms with Crippen molar-refractivity contribution < 1.29 is 14.3 Å². The van der Waals surface area contributed by atoms with E-state index in [9.17, 15) is 9.59 Å². The van der Waals surface area contributed by atoms with Gasteiger partial charge in [0.25, 0.3) is 0 Å². The van der Waals surface area contributed by atoms with Crippen LogP contribution in [0.25, 0.3) is 11.0 Å². The minimum absolute atomic E-state index is 0.0657. The van der Waals surface area contributed by atoms with Crippen LogP contribution in [0.2, 0.25) is 0 Å². The molecule has 3 aromatic rings. The molecule has 2 amide bonds. The highest BCUT2D eigenvalue weighted by Crippen LogP contribution is 2.31. The van der Waals surface area contributed by atoms with Crippen LogP contribution in [0.3, 0.4) is 0 Å². The van der Waals surface area contributed by atoms with Crippen molar-refractivity contribution >= 4 is 34.5 Å². The molecule has 26 heavy (non-hydrogen) atoms. The molecular weight excluding hydrogens is 332 g/mol. The molecule has 1 aliphatic rings. The predicted octanol–water partition coefficient (Wildman–Crippen LogP) is 2.96. The molecule has 7 nitrogen and oxygen atoms in total. The van der Waals surface area contributed by atoms with Crippen LogP contribution in [0.1, 0.15) is 19.4 Å². The molecule has 1 atom stereocenters. The molecule has 0 radical (unpaired) electrons. The number of imidazole rings is 1. The first kappa shape index (κ1) is 16.1. The third kappa shape index (κ3) is 2.88. The Hall–Kier alpha value is -3.35. The average molecular weight is 350 g/mol. The van der Waals surface area contributed by atoms with E-state index in [1.165, 1.54) is 0 Å². The van der Waals surface area contributed by atoms with Gasteiger partial charge >= 0.3 is 0 Å². The number of ether oxygens (including phenoxy) is 1. The number of para-hydroxylation sites is 2. The van der Waals surface area contributed by atoms with Gasteiger partial charge in [-0.2, -0.15) is 0 Å². The SMILES string of the molecule is CCOc1ccc(NC(=O)[C@H]2CC(=O)Nc3nc4ccccc4n32)cc1. The fraction of sp³-hybridized carbons (Fsp3) is 0.211. The van der Waals surface area contributed by atoms with Crippen LogP contribution in [0.5, 0.6) is 5.75 Å². The lowest BCUT2D eigenvalue weighted by Gasteiger charge is -2.25. The van der Waals surface area contributed by atoms with E-state index in [4.69, 9.17) is 4.74 Å². The molecule has 2 N–H and O–H groups in total. The number of amides is 2. The number of carbonyl (C=O) groups is 2. The molecule has 0 fully saturated rings. The summed E-state index contributed by atoms with van der Waals surface area (Å²) < 4.78 is 7.18. The van der Waals surface area contributed by atoms with Gasteiger partial charge in [-0.25, -0.2) is 4.98 Å². The summed E-state index contributed by atoms with van der Waals surface area (Å²) in [7, 11) is 0. The first-order valence-corrected chi connectivity index (χ1v) is 8.46. The number of hydrogen-bond acceptors (Lipinski definition) is 4. The Bertz CT molecular complexity index is 978. The Morgan fingerprint density at radius 2 is 2.04 bits per heavy atom. The highest BCUT2D eigenvalue weighted by molar-refractivity contribution is 6.02. The maximum absolute atomic E-state index is 12.9. The average Bonchev–Trinajstić information content (AvgIpc) is 3.01. The number of aromatic nitrogens is 2. The molecular formula is C19H18N4O3. The number of nitrogens with one attached hydrogen (secondary N) is 2. The summed E-state index contributed by atoms with van der Waals surface area (Å²) in [5.74, 6) is 0.660. The number of hydrogen-bond donors (Lipinski definition) is 2. The molecule has 7 heteroatoms. The van der Waals surface area contributed by atoms with E-state index < -0.39 is 6.04 Å². The van der Waals surface area contributed by atoms with Gasteiger partial charge in [-0.15, -0.1) is 0 Å². The maximum Gasteiger partial charge on any atom is 0.248 e. The van der Waals surface area contributed by atoms with Crippen molar-refractivity contribution in [1.82, 2.24) is 9.55 Å². The molecule has 0 spiro atoms. The van der Waals surface area contributed by atoms with Crippen molar-refractivity contribution in [2.24, 2.45) is 0 Å². The lowest BCUT2D eigenvalue weighted by atomic mass is 10.1. The van der Waals surface area contributed by atoms with Crippen LogP contribution in [0.15, 0.2) is 48.5 Å². The fourth-order valence-electron chi connectivity index (χ4n) is 3.13. The van der Waals surface area contributed by atoms with Crippen molar-refractivity contribution in [2.75, 3.05) is 17.2 Å². The third-order valence-electron chi connectivity index (χ3n) is 4.27. The molecule has 2 aromatic carbocycles. The van der Waals surface area contributed by atoms with Crippen molar-refractivity contribution in [3.63, 3.8) is 0 Å². The molecule has 0 bridgehead atoms. The van der Waals surface area contributed by atoms with Crippen LogP contribution in [-0.2, 0) is 9.59 Å². The summed E-state index contributed by atoms with van der Waals surface area (Å²) in [5, 5.41) is 5.61. The number of fused-ring (bicyclic) bond motifs is 3. The van der Waals surface area contributed by atoms with Crippen LogP contribution in [0, 0.1) is 0 Å². The summed E-state index contributed by atoms with van der Waals surface area (Å²) in [6, 6.07) is 14.0. The second-order valence-electron chi connectivity index (χ2n) is 6.01. The van der Waals surface area contributed by atoms with Crippen molar-refractivity contribution in [3.05, 3.63) is 48.5 Å². The van der Waals surface area contributed by atoms with E-state index in [2.05, 4.69) is 15.6 Å². The second-order valence-corrected chi connectivity index (χ2v) is 6.01. The van der Waals surface area contributed by atoms with E-state index in [0.717, 1.165) is 16.8 Å². The van der Waals surface area contributed by atoms with E-state index in [1.807, 2.05) is 31.2 Å². The van der Waals surface area contributed by atoms with E-state index in [-0.39, 0.29) is 18.2 Å². The Labute approximate surface area is 150 Å². The number of nitrogens with zero attached hydrogens (tertiary/aromatic N) is 2. The van der Waals surface area contributed by atoms with Gasteiger partial charge in [0.15, 0.2) is 0 Å². The van der Waals surface area contributed by atoms with Gasteiger partial charge in [-0.1, -0.05) is 12.1 Å². The Morgan fingerprint density at radius 1 is 1.27 bits per heavy atom. The van der Waals surface area contributed by atoms with Gasteiger partial charge < -0.3 is 10.1 Å². The number of anilines is 2. The van der Waals surface area contributed by atoms with Crippen molar-refractivity contribution in [3.8, 4) is 5.75 Å². The smallest absolute Gasteiger partial charge is 0.248 e. The zero-order chi connectivity index (χ0) is 18.1. The second kappa shape index (κ2) is 6.51. The van der Waals surface area contributed by atoms with Crippen molar-refractivity contribution in [1.29, 1.82) is 0 Å². The summed E-state index contributed by atoms with van der Waals surface area (Å²) in [6.45, 7) is 2.50. The summed E-state index contributed by atoms with van der Waals surface area (Å²) in [5.41, 5.74) is 2.20. The molecule has 0 aliphatic carbocycles. The van der Waals surface area contributed by atoms with Gasteiger partial charge in [0.2, 0.25) is 17.8 Å². The van der Waals surface area contributed by atoms with E-state index >= 15 is 0 Å². The largest absolute Gasteiger partial charge is 0.494 e. The summed E-state index contributed by atoms with van der Waals surface area (Å²) in [4.78, 5) is 29.3. The lowest BCUT2D eigenvalue weighted by molar-refractivity contribution is -0.124. The van der Waals surface area contributed by atoms with Gasteiger partial charge in [-0.3, -0.25) is 19.5 Å². The first-order valence-electron chi connectivity index (χ1n) is 8.46. The van der Waals surface area contributed by atoms with Gasteiger partial charge in [0, 0.05) is 5.69 Å². The zero-order valence-corrected chi connectivity index (χ0v) is 14.2. The standard InChI is InChI=1S/C19H18N4O3/c1-2-26-13-9-7-12(8-10-13)20-18(25)16-11-17(24)22-19-21-14-5-3-4-6-15(14)23(16)19/h3-10,16H,2,11H2,1H3,(H,20,25)(H,21,22,24)/t16-/m1/s1. The van der Waals surface area contributed by atoms with Gasteiger partial charge in [-0.05, 0) is 43.3 Å².